The Kier molecular flexibility index (Phi) is 6.11. The molecule has 3 nitrogen and oxygen atoms in total. The maximum absolute atomic E-state index is 13.0. The van der Waals surface area contributed by atoms with Crippen molar-refractivity contribution in [2.75, 3.05) is 13.2 Å². The van der Waals surface area contributed by atoms with Gasteiger partial charge in [-0.2, -0.15) is 0 Å². The van der Waals surface area contributed by atoms with Gasteiger partial charge in [-0.05, 0) is 36.6 Å². The molecule has 1 aromatic rings. The van der Waals surface area contributed by atoms with Crippen molar-refractivity contribution in [2.45, 2.75) is 25.8 Å². The third-order valence-electron chi connectivity index (χ3n) is 2.60. The highest BCUT2D eigenvalue weighted by Gasteiger charge is 2.13. The van der Waals surface area contributed by atoms with Crippen molar-refractivity contribution < 1.29 is 17.9 Å². The van der Waals surface area contributed by atoms with Crippen molar-refractivity contribution >= 4 is 0 Å². The molecule has 0 bridgehead atoms. The summed E-state index contributed by atoms with van der Waals surface area (Å²) in [5.74, 6) is 5.09. The van der Waals surface area contributed by atoms with Crippen LogP contribution in [0, 0.1) is 12.7 Å². The average Bonchev–Trinajstić information content (AvgIpc) is 2.30. The minimum absolute atomic E-state index is 0.163. The van der Waals surface area contributed by atoms with Gasteiger partial charge in [0.2, 0.25) is 0 Å². The summed E-state index contributed by atoms with van der Waals surface area (Å²) in [6, 6.07) is 4.12. The van der Waals surface area contributed by atoms with E-state index in [4.69, 9.17) is 10.6 Å². The van der Waals surface area contributed by atoms with Crippen LogP contribution in [-0.2, 0) is 4.74 Å². The number of benzene rings is 1. The summed E-state index contributed by atoms with van der Waals surface area (Å²) in [7, 11) is 0. The molecule has 0 saturated heterocycles. The molecule has 0 aliphatic rings. The standard InChI is InChI=1S/C12H17F3N2O/c1-8-6-9(13)2-3-10(8)11(17-16)4-5-18-7-12(14)15/h2-3,6,11-12,17H,4-5,7,16H2,1H3. The fourth-order valence-corrected chi connectivity index (χ4v) is 1.73. The summed E-state index contributed by atoms with van der Waals surface area (Å²) >= 11 is 0. The second-order valence-corrected chi connectivity index (χ2v) is 3.97. The number of alkyl halides is 2. The first-order chi connectivity index (χ1) is 8.54. The summed E-state index contributed by atoms with van der Waals surface area (Å²) in [6.07, 6.45) is -2.03. The molecule has 1 rings (SSSR count). The first kappa shape index (κ1) is 14.9. The topological polar surface area (TPSA) is 47.3 Å². The van der Waals surface area contributed by atoms with Gasteiger partial charge in [-0.1, -0.05) is 6.07 Å². The summed E-state index contributed by atoms with van der Waals surface area (Å²) in [5.41, 5.74) is 4.17. The van der Waals surface area contributed by atoms with E-state index in [2.05, 4.69) is 5.43 Å². The number of hydrogen-bond donors (Lipinski definition) is 2. The Bertz CT molecular complexity index is 374. The molecule has 1 aromatic carbocycles. The zero-order valence-corrected chi connectivity index (χ0v) is 10.1. The maximum atomic E-state index is 13.0. The van der Waals surface area contributed by atoms with Gasteiger partial charge >= 0.3 is 0 Å². The monoisotopic (exact) mass is 262 g/mol. The molecule has 0 heterocycles. The molecule has 0 amide bonds. The van der Waals surface area contributed by atoms with Crippen LogP contribution >= 0.6 is 0 Å². The zero-order valence-electron chi connectivity index (χ0n) is 10.1. The normalized spacial score (nSPS) is 13.0. The number of hydrogen-bond acceptors (Lipinski definition) is 3. The van der Waals surface area contributed by atoms with Crippen molar-refractivity contribution in [3.05, 3.63) is 35.1 Å². The first-order valence-corrected chi connectivity index (χ1v) is 5.62. The van der Waals surface area contributed by atoms with E-state index in [0.717, 1.165) is 11.1 Å². The van der Waals surface area contributed by atoms with Gasteiger partial charge in [0.25, 0.3) is 6.43 Å². The van der Waals surface area contributed by atoms with Gasteiger partial charge in [0.1, 0.15) is 12.4 Å². The summed E-state index contributed by atoms with van der Waals surface area (Å²) in [4.78, 5) is 0. The molecule has 0 spiro atoms. The highest BCUT2D eigenvalue weighted by Crippen LogP contribution is 2.21. The molecule has 6 heteroatoms. The van der Waals surface area contributed by atoms with Gasteiger partial charge in [0.05, 0.1) is 0 Å². The SMILES string of the molecule is Cc1cc(F)ccc1C(CCOCC(F)F)NN. The Hall–Kier alpha value is -1.11. The lowest BCUT2D eigenvalue weighted by atomic mass is 9.99. The number of halogens is 3. The van der Waals surface area contributed by atoms with E-state index >= 15 is 0 Å². The van der Waals surface area contributed by atoms with Gasteiger partial charge < -0.3 is 4.74 Å². The number of nitrogens with two attached hydrogens (primary N) is 1. The van der Waals surface area contributed by atoms with Crippen LogP contribution < -0.4 is 11.3 Å². The second-order valence-electron chi connectivity index (χ2n) is 3.97. The van der Waals surface area contributed by atoms with Crippen molar-refractivity contribution in [3.8, 4) is 0 Å². The summed E-state index contributed by atoms with van der Waals surface area (Å²) in [5, 5.41) is 0. The molecular weight excluding hydrogens is 245 g/mol. The van der Waals surface area contributed by atoms with Crippen molar-refractivity contribution in [1.82, 2.24) is 5.43 Å². The second kappa shape index (κ2) is 7.35. The van der Waals surface area contributed by atoms with Crippen molar-refractivity contribution in [1.29, 1.82) is 0 Å². The van der Waals surface area contributed by atoms with Crippen LogP contribution in [0.5, 0.6) is 0 Å². The molecule has 18 heavy (non-hydrogen) atoms. The molecule has 102 valence electrons. The third-order valence-corrected chi connectivity index (χ3v) is 2.60. The third kappa shape index (κ3) is 4.64. The van der Waals surface area contributed by atoms with Crippen LogP contribution in [0.15, 0.2) is 18.2 Å². The zero-order chi connectivity index (χ0) is 13.5. The van der Waals surface area contributed by atoms with Crippen LogP contribution in [0.4, 0.5) is 13.2 Å². The van der Waals surface area contributed by atoms with Gasteiger partial charge in [-0.25, -0.2) is 13.2 Å². The smallest absolute Gasteiger partial charge is 0.261 e. The summed E-state index contributed by atoms with van der Waals surface area (Å²) in [6.45, 7) is 1.35. The van der Waals surface area contributed by atoms with E-state index in [-0.39, 0.29) is 18.5 Å². The van der Waals surface area contributed by atoms with Crippen LogP contribution in [0.1, 0.15) is 23.6 Å². The lowest BCUT2D eigenvalue weighted by Gasteiger charge is -2.18. The fraction of sp³-hybridized carbons (Fsp3) is 0.500. The predicted molar refractivity (Wildman–Crippen MR) is 62.6 cm³/mol. The molecule has 0 radical (unpaired) electrons. The lowest BCUT2D eigenvalue weighted by Crippen LogP contribution is -2.29. The first-order valence-electron chi connectivity index (χ1n) is 5.62. The molecule has 0 aliphatic heterocycles. The van der Waals surface area contributed by atoms with Gasteiger partial charge in [0.15, 0.2) is 0 Å². The number of aryl methyl sites for hydroxylation is 1. The van der Waals surface area contributed by atoms with E-state index in [1.54, 1.807) is 13.0 Å². The van der Waals surface area contributed by atoms with E-state index in [0.29, 0.717) is 6.42 Å². The average molecular weight is 262 g/mol. The van der Waals surface area contributed by atoms with E-state index in [1.165, 1.54) is 12.1 Å². The van der Waals surface area contributed by atoms with E-state index in [1.807, 2.05) is 0 Å². The highest BCUT2D eigenvalue weighted by molar-refractivity contribution is 5.29. The Morgan fingerprint density at radius 2 is 2.11 bits per heavy atom. The minimum Gasteiger partial charge on any atom is -0.375 e. The molecule has 1 atom stereocenters. The minimum atomic E-state index is -2.47. The van der Waals surface area contributed by atoms with E-state index in [9.17, 15) is 13.2 Å². The van der Waals surface area contributed by atoms with Crippen LogP contribution in [0.25, 0.3) is 0 Å². The Labute approximate surface area is 104 Å². The molecule has 3 N–H and O–H groups in total. The number of rotatable bonds is 7. The largest absolute Gasteiger partial charge is 0.375 e. The number of nitrogens with one attached hydrogen (secondary N) is 1. The van der Waals surface area contributed by atoms with Crippen LogP contribution in [0.2, 0.25) is 0 Å². The maximum Gasteiger partial charge on any atom is 0.261 e. The number of ether oxygens (including phenoxy) is 1. The Morgan fingerprint density at radius 3 is 2.67 bits per heavy atom. The molecule has 0 saturated carbocycles. The molecule has 0 aliphatic carbocycles. The molecule has 1 unspecified atom stereocenters. The quantitative estimate of drug-likeness (QED) is 0.450. The van der Waals surface area contributed by atoms with Crippen molar-refractivity contribution in [2.24, 2.45) is 5.84 Å². The molecule has 0 aromatic heterocycles. The Balaban J connectivity index is 2.54. The van der Waals surface area contributed by atoms with E-state index < -0.39 is 13.0 Å². The molecule has 0 fully saturated rings. The van der Waals surface area contributed by atoms with Crippen molar-refractivity contribution in [3.63, 3.8) is 0 Å². The highest BCUT2D eigenvalue weighted by atomic mass is 19.3. The lowest BCUT2D eigenvalue weighted by molar-refractivity contribution is 0.0143. The van der Waals surface area contributed by atoms with Crippen LogP contribution in [0.3, 0.4) is 0 Å². The predicted octanol–water partition coefficient (Wildman–Crippen LogP) is 2.31. The Morgan fingerprint density at radius 1 is 1.39 bits per heavy atom. The van der Waals surface area contributed by atoms with Gasteiger partial charge in [0, 0.05) is 12.6 Å². The number of hydrazine groups is 1. The fourth-order valence-electron chi connectivity index (χ4n) is 1.73. The van der Waals surface area contributed by atoms with Crippen LogP contribution in [-0.4, -0.2) is 19.6 Å². The van der Waals surface area contributed by atoms with Gasteiger partial charge in [-0.3, -0.25) is 11.3 Å². The summed E-state index contributed by atoms with van der Waals surface area (Å²) < 4.78 is 41.5. The molecular formula is C12H17F3N2O. The van der Waals surface area contributed by atoms with Gasteiger partial charge in [-0.15, -0.1) is 0 Å².